The second kappa shape index (κ2) is 6.62. The van der Waals surface area contributed by atoms with Crippen molar-refractivity contribution >= 4 is 11.8 Å². The molecule has 0 aromatic heterocycles. The van der Waals surface area contributed by atoms with Gasteiger partial charge in [0, 0.05) is 36.2 Å². The van der Waals surface area contributed by atoms with Gasteiger partial charge in [-0.05, 0) is 38.1 Å². The van der Waals surface area contributed by atoms with Gasteiger partial charge in [-0.1, -0.05) is 20.8 Å². The molecule has 1 saturated heterocycles. The summed E-state index contributed by atoms with van der Waals surface area (Å²) in [6.07, 6.45) is 4.19. The molecular weight excluding hydrogens is 240 g/mol. The van der Waals surface area contributed by atoms with Gasteiger partial charge in [-0.15, -0.1) is 0 Å². The van der Waals surface area contributed by atoms with E-state index in [0.717, 1.165) is 28.4 Å². The monoisotopic (exact) mass is 270 g/mol. The molecule has 3 heteroatoms. The Bertz CT molecular complexity index is 249. The minimum absolute atomic E-state index is 0.751. The molecule has 2 rings (SSSR count). The van der Waals surface area contributed by atoms with Crippen molar-refractivity contribution in [1.82, 2.24) is 10.2 Å². The van der Waals surface area contributed by atoms with E-state index in [-0.39, 0.29) is 0 Å². The molecule has 0 aromatic carbocycles. The van der Waals surface area contributed by atoms with Crippen LogP contribution in [0.1, 0.15) is 40.0 Å². The highest BCUT2D eigenvalue weighted by Gasteiger charge is 2.31. The van der Waals surface area contributed by atoms with Crippen LogP contribution in [-0.4, -0.2) is 48.1 Å². The van der Waals surface area contributed by atoms with Crippen LogP contribution < -0.4 is 5.32 Å². The molecule has 18 heavy (non-hydrogen) atoms. The number of hydrogen-bond acceptors (Lipinski definition) is 3. The third-order valence-corrected chi connectivity index (χ3v) is 5.83. The molecule has 5 atom stereocenters. The summed E-state index contributed by atoms with van der Waals surface area (Å²) in [6.45, 7) is 11.1. The summed E-state index contributed by atoms with van der Waals surface area (Å²) in [6, 6.07) is 0.751. The van der Waals surface area contributed by atoms with Crippen molar-refractivity contribution < 1.29 is 0 Å². The maximum absolute atomic E-state index is 3.55. The Kier molecular flexibility index (Phi) is 5.40. The molecule has 106 valence electrons. The van der Waals surface area contributed by atoms with Gasteiger partial charge in [-0.2, -0.15) is 11.8 Å². The zero-order valence-corrected chi connectivity index (χ0v) is 13.3. The van der Waals surface area contributed by atoms with E-state index >= 15 is 0 Å². The van der Waals surface area contributed by atoms with Crippen LogP contribution >= 0.6 is 11.8 Å². The zero-order chi connectivity index (χ0) is 13.1. The Hall–Kier alpha value is 0.270. The topological polar surface area (TPSA) is 15.3 Å². The quantitative estimate of drug-likeness (QED) is 0.849. The summed E-state index contributed by atoms with van der Waals surface area (Å²) in [5, 5.41) is 5.17. The average molecular weight is 270 g/mol. The van der Waals surface area contributed by atoms with E-state index < -0.39 is 0 Å². The van der Waals surface area contributed by atoms with Crippen LogP contribution in [0.25, 0.3) is 0 Å². The maximum atomic E-state index is 3.55. The largest absolute Gasteiger partial charge is 0.317 e. The highest BCUT2D eigenvalue weighted by molar-refractivity contribution is 8.00. The lowest BCUT2D eigenvalue weighted by molar-refractivity contribution is 0.147. The van der Waals surface area contributed by atoms with E-state index in [0.29, 0.717) is 0 Å². The second-order valence-corrected chi connectivity index (χ2v) is 8.43. The van der Waals surface area contributed by atoms with Crippen molar-refractivity contribution in [3.8, 4) is 0 Å². The zero-order valence-electron chi connectivity index (χ0n) is 12.5. The Morgan fingerprint density at radius 3 is 2.39 bits per heavy atom. The first-order valence-corrected chi connectivity index (χ1v) is 8.57. The molecule has 2 fully saturated rings. The summed E-state index contributed by atoms with van der Waals surface area (Å²) in [4.78, 5) is 2.72. The summed E-state index contributed by atoms with van der Waals surface area (Å²) < 4.78 is 0. The van der Waals surface area contributed by atoms with Crippen LogP contribution in [0, 0.1) is 11.8 Å². The van der Waals surface area contributed by atoms with E-state index in [1.54, 1.807) is 0 Å². The van der Waals surface area contributed by atoms with Crippen LogP contribution in [0.3, 0.4) is 0 Å². The van der Waals surface area contributed by atoms with Gasteiger partial charge in [0.2, 0.25) is 0 Å². The van der Waals surface area contributed by atoms with Crippen molar-refractivity contribution in [3.63, 3.8) is 0 Å². The lowest BCUT2D eigenvalue weighted by Gasteiger charge is -2.41. The van der Waals surface area contributed by atoms with Crippen molar-refractivity contribution in [2.45, 2.75) is 56.6 Å². The van der Waals surface area contributed by atoms with E-state index in [1.807, 2.05) is 0 Å². The van der Waals surface area contributed by atoms with Gasteiger partial charge >= 0.3 is 0 Å². The molecular formula is C15H30N2S. The van der Waals surface area contributed by atoms with Gasteiger partial charge in [-0.3, -0.25) is 0 Å². The normalized spacial score (nSPS) is 43.0. The lowest BCUT2D eigenvalue weighted by atomic mass is 9.78. The predicted octanol–water partition coefficient (Wildman–Crippen LogP) is 2.84. The molecule has 1 saturated carbocycles. The molecule has 0 aromatic rings. The van der Waals surface area contributed by atoms with E-state index in [9.17, 15) is 0 Å². The van der Waals surface area contributed by atoms with Crippen molar-refractivity contribution in [2.24, 2.45) is 11.8 Å². The number of rotatable bonds is 3. The summed E-state index contributed by atoms with van der Waals surface area (Å²) in [5.41, 5.74) is 0. The number of hydrogen-bond donors (Lipinski definition) is 1. The first-order chi connectivity index (χ1) is 8.58. The molecule has 2 nitrogen and oxygen atoms in total. The maximum Gasteiger partial charge on any atom is 0.0149 e. The third kappa shape index (κ3) is 3.88. The van der Waals surface area contributed by atoms with Crippen LogP contribution in [0.5, 0.6) is 0 Å². The molecule has 2 aliphatic rings. The molecule has 1 N–H and O–H groups in total. The minimum atomic E-state index is 0.751. The predicted molar refractivity (Wildman–Crippen MR) is 82.3 cm³/mol. The summed E-state index contributed by atoms with van der Waals surface area (Å²) >= 11 is 2.16. The summed E-state index contributed by atoms with van der Waals surface area (Å²) in [5.74, 6) is 1.79. The minimum Gasteiger partial charge on any atom is -0.317 e. The highest BCUT2D eigenvalue weighted by atomic mass is 32.2. The van der Waals surface area contributed by atoms with Crippen LogP contribution in [0.2, 0.25) is 0 Å². The molecule has 0 amide bonds. The first kappa shape index (κ1) is 14.7. The highest BCUT2D eigenvalue weighted by Crippen LogP contribution is 2.31. The summed E-state index contributed by atoms with van der Waals surface area (Å²) in [7, 11) is 2.14. The number of nitrogens with one attached hydrogen (secondary N) is 1. The fraction of sp³-hybridized carbons (Fsp3) is 1.00. The molecule has 0 spiro atoms. The molecule has 0 bridgehead atoms. The van der Waals surface area contributed by atoms with Gasteiger partial charge in [-0.25, -0.2) is 0 Å². The van der Waals surface area contributed by atoms with Crippen molar-refractivity contribution in [2.75, 3.05) is 26.7 Å². The molecule has 0 radical (unpaired) electrons. The fourth-order valence-electron chi connectivity index (χ4n) is 3.85. The van der Waals surface area contributed by atoms with Gasteiger partial charge in [0.25, 0.3) is 0 Å². The van der Waals surface area contributed by atoms with Crippen LogP contribution in [0.4, 0.5) is 0 Å². The van der Waals surface area contributed by atoms with Crippen LogP contribution in [-0.2, 0) is 0 Å². The van der Waals surface area contributed by atoms with Gasteiger partial charge in [0.1, 0.15) is 0 Å². The lowest BCUT2D eigenvalue weighted by Crippen LogP contribution is -2.48. The third-order valence-electron chi connectivity index (χ3n) is 4.60. The Morgan fingerprint density at radius 1 is 1.11 bits per heavy atom. The Labute approximate surface area is 117 Å². The smallest absolute Gasteiger partial charge is 0.0149 e. The second-order valence-electron chi connectivity index (χ2n) is 6.55. The van der Waals surface area contributed by atoms with E-state index in [4.69, 9.17) is 0 Å². The van der Waals surface area contributed by atoms with Crippen molar-refractivity contribution in [1.29, 1.82) is 0 Å². The molecule has 1 aliphatic heterocycles. The van der Waals surface area contributed by atoms with Gasteiger partial charge in [0.05, 0.1) is 0 Å². The van der Waals surface area contributed by atoms with E-state index in [1.165, 1.54) is 38.9 Å². The number of thioether (sulfide) groups is 1. The van der Waals surface area contributed by atoms with Crippen LogP contribution in [0.15, 0.2) is 0 Å². The molecule has 5 unspecified atom stereocenters. The average Bonchev–Trinajstić information content (AvgIpc) is 2.27. The Balaban J connectivity index is 1.89. The Morgan fingerprint density at radius 2 is 1.78 bits per heavy atom. The van der Waals surface area contributed by atoms with Gasteiger partial charge in [0.15, 0.2) is 0 Å². The number of nitrogens with zero attached hydrogens (tertiary/aromatic N) is 1. The first-order valence-electron chi connectivity index (χ1n) is 7.63. The fourth-order valence-corrected chi connectivity index (χ4v) is 5.23. The molecule has 1 aliphatic carbocycles. The molecule has 1 heterocycles. The SMILES string of the molecule is CNC1CCC(C)CC1CN1CC(C)SC(C)C1. The standard InChI is InChI=1S/C15H30N2S/c1-11-5-6-15(16-4)14(7-11)10-17-8-12(2)18-13(3)9-17/h11-16H,5-10H2,1-4H3. The van der Waals surface area contributed by atoms with Crippen molar-refractivity contribution in [3.05, 3.63) is 0 Å². The van der Waals surface area contributed by atoms with E-state index in [2.05, 4.69) is 49.8 Å². The van der Waals surface area contributed by atoms with Gasteiger partial charge < -0.3 is 10.2 Å².